The molecule has 0 radical (unpaired) electrons. The lowest BCUT2D eigenvalue weighted by molar-refractivity contribution is 0.486. The molecule has 30 heavy (non-hydrogen) atoms. The summed E-state index contributed by atoms with van der Waals surface area (Å²) in [6.45, 7) is 6.85. The Balaban J connectivity index is 1.97. The Morgan fingerprint density at radius 3 is 2.00 bits per heavy atom. The second kappa shape index (κ2) is 8.37. The molecule has 160 valence electrons. The highest BCUT2D eigenvalue weighted by Crippen LogP contribution is 2.30. The molecule has 1 aromatic heterocycles. The van der Waals surface area contributed by atoms with E-state index in [1.54, 1.807) is 44.2 Å². The highest BCUT2D eigenvalue weighted by molar-refractivity contribution is 7.92. The van der Waals surface area contributed by atoms with Gasteiger partial charge in [-0.25, -0.2) is 21.6 Å². The van der Waals surface area contributed by atoms with E-state index in [4.69, 9.17) is 4.42 Å². The molecule has 1 N–H and O–H groups in total. The normalized spacial score (nSPS) is 13.3. The third-order valence-corrected chi connectivity index (χ3v) is 8.72. The maximum Gasteiger partial charge on any atom is 0.241 e. The first-order valence-electron chi connectivity index (χ1n) is 9.44. The quantitative estimate of drug-likeness (QED) is 0.591. The molecule has 8 heteroatoms. The van der Waals surface area contributed by atoms with Gasteiger partial charge in [0.15, 0.2) is 9.84 Å². The summed E-state index contributed by atoms with van der Waals surface area (Å²) < 4.78 is 60.5. The molecule has 0 unspecified atom stereocenters. The van der Waals surface area contributed by atoms with Crippen molar-refractivity contribution in [3.8, 4) is 0 Å². The second-order valence-corrected chi connectivity index (χ2v) is 11.3. The standard InChI is InChI=1S/C22H25NO5S2/c1-15-7-9-19(10-8-15)29(24,25)21(20-6-5-11-28-20)14-23-30(26,27)22-17(3)12-16(2)13-18(22)4/h5-13,21,23H,14H2,1-4H3/t21-/m1/s1. The summed E-state index contributed by atoms with van der Waals surface area (Å²) in [6, 6.07) is 13.1. The Hall–Kier alpha value is -2.42. The van der Waals surface area contributed by atoms with E-state index in [9.17, 15) is 16.8 Å². The van der Waals surface area contributed by atoms with E-state index in [0.29, 0.717) is 11.1 Å². The van der Waals surface area contributed by atoms with E-state index in [2.05, 4.69) is 4.72 Å². The van der Waals surface area contributed by atoms with Crippen molar-refractivity contribution in [1.82, 2.24) is 4.72 Å². The average molecular weight is 448 g/mol. The van der Waals surface area contributed by atoms with Gasteiger partial charge in [0, 0.05) is 6.54 Å². The van der Waals surface area contributed by atoms with Crippen molar-refractivity contribution in [1.29, 1.82) is 0 Å². The van der Waals surface area contributed by atoms with Crippen LogP contribution in [0.15, 0.2) is 69.0 Å². The van der Waals surface area contributed by atoms with Crippen LogP contribution in [0.2, 0.25) is 0 Å². The Labute approximate surface area is 177 Å². The van der Waals surface area contributed by atoms with E-state index >= 15 is 0 Å². The van der Waals surface area contributed by atoms with Crippen molar-refractivity contribution in [3.63, 3.8) is 0 Å². The topological polar surface area (TPSA) is 93.5 Å². The predicted molar refractivity (Wildman–Crippen MR) is 116 cm³/mol. The van der Waals surface area contributed by atoms with Crippen LogP contribution < -0.4 is 4.72 Å². The van der Waals surface area contributed by atoms with Gasteiger partial charge in [0.1, 0.15) is 11.0 Å². The zero-order valence-corrected chi connectivity index (χ0v) is 19.0. The molecule has 0 saturated carbocycles. The van der Waals surface area contributed by atoms with Crippen molar-refractivity contribution < 1.29 is 21.3 Å². The lowest BCUT2D eigenvalue weighted by Gasteiger charge is -2.18. The molecule has 0 fully saturated rings. The van der Waals surface area contributed by atoms with E-state index in [1.165, 1.54) is 24.5 Å². The SMILES string of the molecule is Cc1ccc(S(=O)(=O)[C@H](CNS(=O)(=O)c2c(C)cc(C)cc2C)c2ccco2)cc1. The largest absolute Gasteiger partial charge is 0.468 e. The molecule has 0 amide bonds. The molecule has 6 nitrogen and oxygen atoms in total. The maximum absolute atomic E-state index is 13.3. The number of rotatable bonds is 7. The molecule has 0 bridgehead atoms. The van der Waals surface area contributed by atoms with E-state index < -0.39 is 25.1 Å². The van der Waals surface area contributed by atoms with Crippen molar-refractivity contribution in [2.45, 2.75) is 42.7 Å². The van der Waals surface area contributed by atoms with Gasteiger partial charge in [0.05, 0.1) is 16.1 Å². The number of benzene rings is 2. The molecular weight excluding hydrogens is 422 g/mol. The summed E-state index contributed by atoms with van der Waals surface area (Å²) in [5, 5.41) is -1.20. The minimum Gasteiger partial charge on any atom is -0.468 e. The number of nitrogens with one attached hydrogen (secondary N) is 1. The Kier molecular flexibility index (Phi) is 6.21. The highest BCUT2D eigenvalue weighted by Gasteiger charge is 2.33. The summed E-state index contributed by atoms with van der Waals surface area (Å²) in [7, 11) is -7.82. The third kappa shape index (κ3) is 4.50. The van der Waals surface area contributed by atoms with Gasteiger partial charge in [-0.3, -0.25) is 0 Å². The minimum absolute atomic E-state index is 0.108. The molecular formula is C22H25NO5S2. The van der Waals surface area contributed by atoms with Crippen LogP contribution in [-0.4, -0.2) is 23.4 Å². The van der Waals surface area contributed by atoms with Gasteiger partial charge >= 0.3 is 0 Å². The predicted octanol–water partition coefficient (Wildman–Crippen LogP) is 4.01. The third-order valence-electron chi connectivity index (χ3n) is 4.92. The summed E-state index contributed by atoms with van der Waals surface area (Å²) in [5.74, 6) is 0.177. The van der Waals surface area contributed by atoms with Crippen LogP contribution in [0, 0.1) is 27.7 Å². The smallest absolute Gasteiger partial charge is 0.241 e. The molecule has 3 rings (SSSR count). The van der Waals surface area contributed by atoms with E-state index in [0.717, 1.165) is 11.1 Å². The van der Waals surface area contributed by atoms with Crippen LogP contribution in [0.1, 0.15) is 33.3 Å². The van der Waals surface area contributed by atoms with Crippen LogP contribution in [0.25, 0.3) is 0 Å². The molecule has 1 heterocycles. The number of furan rings is 1. The van der Waals surface area contributed by atoms with Crippen LogP contribution in [0.3, 0.4) is 0 Å². The van der Waals surface area contributed by atoms with Gasteiger partial charge in [-0.1, -0.05) is 35.4 Å². The molecule has 0 saturated heterocycles. The summed E-state index contributed by atoms with van der Waals surface area (Å²) in [5.41, 5.74) is 3.10. The lowest BCUT2D eigenvalue weighted by atomic mass is 10.1. The van der Waals surface area contributed by atoms with Crippen molar-refractivity contribution in [2.75, 3.05) is 6.54 Å². The summed E-state index contributed by atoms with van der Waals surface area (Å²) in [6.07, 6.45) is 1.37. The fourth-order valence-electron chi connectivity index (χ4n) is 3.58. The van der Waals surface area contributed by atoms with E-state index in [1.807, 2.05) is 13.8 Å². The van der Waals surface area contributed by atoms with Crippen LogP contribution in [0.4, 0.5) is 0 Å². The average Bonchev–Trinajstić information content (AvgIpc) is 3.15. The fourth-order valence-corrected chi connectivity index (χ4v) is 6.77. The first-order chi connectivity index (χ1) is 14.0. The summed E-state index contributed by atoms with van der Waals surface area (Å²) >= 11 is 0. The van der Waals surface area contributed by atoms with Gasteiger partial charge in [0.25, 0.3) is 0 Å². The number of hydrogen-bond acceptors (Lipinski definition) is 5. The van der Waals surface area contributed by atoms with Gasteiger partial charge in [-0.05, 0) is 63.1 Å². The number of sulfonamides is 1. The van der Waals surface area contributed by atoms with Crippen LogP contribution >= 0.6 is 0 Å². The Bertz CT molecular complexity index is 1220. The van der Waals surface area contributed by atoms with Gasteiger partial charge in [0.2, 0.25) is 10.0 Å². The monoisotopic (exact) mass is 447 g/mol. The molecule has 0 spiro atoms. The van der Waals surface area contributed by atoms with Crippen molar-refractivity contribution in [2.24, 2.45) is 0 Å². The second-order valence-electron chi connectivity index (χ2n) is 7.44. The maximum atomic E-state index is 13.3. The van der Waals surface area contributed by atoms with Gasteiger partial charge in [-0.15, -0.1) is 0 Å². The van der Waals surface area contributed by atoms with E-state index in [-0.39, 0.29) is 22.1 Å². The minimum atomic E-state index is -3.93. The highest BCUT2D eigenvalue weighted by atomic mass is 32.2. The number of sulfone groups is 1. The summed E-state index contributed by atoms with van der Waals surface area (Å²) in [4.78, 5) is 0.274. The number of hydrogen-bond donors (Lipinski definition) is 1. The fraction of sp³-hybridized carbons (Fsp3) is 0.273. The zero-order valence-electron chi connectivity index (χ0n) is 17.3. The number of aryl methyl sites for hydroxylation is 4. The molecule has 0 aliphatic rings. The zero-order chi connectivity index (χ0) is 22.1. The van der Waals surface area contributed by atoms with Crippen molar-refractivity contribution >= 4 is 19.9 Å². The molecule has 2 aromatic carbocycles. The lowest BCUT2D eigenvalue weighted by Crippen LogP contribution is -2.32. The van der Waals surface area contributed by atoms with Crippen molar-refractivity contribution in [3.05, 3.63) is 82.8 Å². The van der Waals surface area contributed by atoms with Gasteiger partial charge in [-0.2, -0.15) is 0 Å². The Morgan fingerprint density at radius 2 is 1.47 bits per heavy atom. The molecule has 1 atom stereocenters. The molecule has 3 aromatic rings. The van der Waals surface area contributed by atoms with Crippen LogP contribution in [-0.2, 0) is 19.9 Å². The Morgan fingerprint density at radius 1 is 0.867 bits per heavy atom. The molecule has 0 aliphatic carbocycles. The molecule has 0 aliphatic heterocycles. The first-order valence-corrected chi connectivity index (χ1v) is 12.5. The van der Waals surface area contributed by atoms with Crippen LogP contribution in [0.5, 0.6) is 0 Å². The first kappa shape index (κ1) is 22.3. The van der Waals surface area contributed by atoms with Gasteiger partial charge < -0.3 is 4.42 Å².